The van der Waals surface area contributed by atoms with Gasteiger partial charge in [-0.15, -0.1) is 0 Å². The summed E-state index contributed by atoms with van der Waals surface area (Å²) < 4.78 is 7.11. The van der Waals surface area contributed by atoms with Crippen molar-refractivity contribution < 1.29 is 19.4 Å². The maximum absolute atomic E-state index is 12.4. The van der Waals surface area contributed by atoms with Gasteiger partial charge < -0.3 is 19.3 Å². The molecule has 0 unspecified atom stereocenters. The van der Waals surface area contributed by atoms with E-state index in [1.165, 1.54) is 10.6 Å². The molecule has 1 aliphatic rings. The summed E-state index contributed by atoms with van der Waals surface area (Å²) in [5, 5.41) is 9.67. The fraction of sp³-hybridized carbons (Fsp3) is 0.316. The van der Waals surface area contributed by atoms with Gasteiger partial charge in [0.2, 0.25) is 11.5 Å². The zero-order chi connectivity index (χ0) is 18.6. The number of piperidine rings is 1. The summed E-state index contributed by atoms with van der Waals surface area (Å²) in [6, 6.07) is 13.5. The number of hydrogen-bond donors (Lipinski definition) is 1. The minimum absolute atomic E-state index is 0.0563. The number of amides is 1. The molecule has 7 nitrogen and oxygen atoms in total. The van der Waals surface area contributed by atoms with Gasteiger partial charge >= 0.3 is 5.97 Å². The lowest BCUT2D eigenvalue weighted by molar-refractivity contribution is -0.162. The number of benzene rings is 1. The molecule has 0 atom stereocenters. The number of carboxylic acid groups (broad SMARTS) is 1. The molecule has 3 rings (SSSR count). The van der Waals surface area contributed by atoms with E-state index in [-0.39, 0.29) is 43.9 Å². The van der Waals surface area contributed by atoms with Crippen LogP contribution in [0, 0.1) is 0 Å². The quantitative estimate of drug-likeness (QED) is 0.874. The van der Waals surface area contributed by atoms with Gasteiger partial charge in [-0.25, -0.2) is 4.79 Å². The first kappa shape index (κ1) is 17.7. The van der Waals surface area contributed by atoms with Crippen molar-refractivity contribution in [3.8, 4) is 5.75 Å². The smallest absolute Gasteiger partial charge is 0.348 e. The third kappa shape index (κ3) is 3.77. The number of carboxylic acids is 1. The van der Waals surface area contributed by atoms with E-state index in [1.54, 1.807) is 47.5 Å². The largest absolute Gasteiger partial charge is 0.478 e. The van der Waals surface area contributed by atoms with Crippen molar-refractivity contribution in [2.24, 2.45) is 0 Å². The number of likely N-dealkylation sites (tertiary alicyclic amines) is 1. The highest BCUT2D eigenvalue weighted by Crippen LogP contribution is 2.29. The number of ether oxygens (including phenoxy) is 1. The molecule has 0 aliphatic carbocycles. The summed E-state index contributed by atoms with van der Waals surface area (Å²) in [6.07, 6.45) is 1.93. The summed E-state index contributed by atoms with van der Waals surface area (Å²) in [4.78, 5) is 37.6. The first-order chi connectivity index (χ1) is 12.5. The standard InChI is InChI=1S/C19H20N2O5/c22-16-8-4-5-11-21(16)14-17(23)20-12-9-19(10-13-20,18(24)25)26-15-6-2-1-3-7-15/h1-8,11H,9-10,12-14H2,(H,24,25). The molecule has 1 saturated heterocycles. The summed E-state index contributed by atoms with van der Waals surface area (Å²) in [6.45, 7) is 0.471. The van der Waals surface area contributed by atoms with E-state index in [4.69, 9.17) is 4.74 Å². The number of carbonyl (C=O) groups is 2. The Morgan fingerprint density at radius 3 is 2.31 bits per heavy atom. The molecular weight excluding hydrogens is 336 g/mol. The van der Waals surface area contributed by atoms with Gasteiger partial charge in [0, 0.05) is 38.2 Å². The summed E-state index contributed by atoms with van der Waals surface area (Å²) >= 11 is 0. The maximum Gasteiger partial charge on any atom is 0.348 e. The van der Waals surface area contributed by atoms with Crippen LogP contribution in [0.5, 0.6) is 5.75 Å². The number of aliphatic carboxylic acids is 1. The second-order valence-electron chi connectivity index (χ2n) is 6.26. The summed E-state index contributed by atoms with van der Waals surface area (Å²) in [5.74, 6) is -0.754. The van der Waals surface area contributed by atoms with E-state index in [0.29, 0.717) is 5.75 Å². The lowest BCUT2D eigenvalue weighted by Gasteiger charge is -2.38. The molecule has 0 saturated carbocycles. The monoisotopic (exact) mass is 356 g/mol. The Hall–Kier alpha value is -3.09. The summed E-state index contributed by atoms with van der Waals surface area (Å²) in [5.41, 5.74) is -1.59. The maximum atomic E-state index is 12.4. The van der Waals surface area contributed by atoms with Crippen molar-refractivity contribution in [3.63, 3.8) is 0 Å². The average Bonchev–Trinajstić information content (AvgIpc) is 2.65. The molecule has 1 aromatic heterocycles. The third-order valence-electron chi connectivity index (χ3n) is 4.57. The van der Waals surface area contributed by atoms with Crippen molar-refractivity contribution in [3.05, 3.63) is 65.1 Å². The summed E-state index contributed by atoms with van der Waals surface area (Å²) in [7, 11) is 0. The normalized spacial score (nSPS) is 16.1. The Morgan fingerprint density at radius 2 is 1.69 bits per heavy atom. The molecule has 0 bridgehead atoms. The lowest BCUT2D eigenvalue weighted by atomic mass is 9.91. The molecular formula is C19H20N2O5. The van der Waals surface area contributed by atoms with Crippen molar-refractivity contribution in [1.82, 2.24) is 9.47 Å². The zero-order valence-corrected chi connectivity index (χ0v) is 14.2. The van der Waals surface area contributed by atoms with Crippen molar-refractivity contribution in [2.45, 2.75) is 25.0 Å². The van der Waals surface area contributed by atoms with E-state index in [2.05, 4.69) is 0 Å². The van der Waals surface area contributed by atoms with E-state index in [9.17, 15) is 19.5 Å². The van der Waals surface area contributed by atoms with Crippen LogP contribution in [0.1, 0.15) is 12.8 Å². The van der Waals surface area contributed by atoms with Crippen molar-refractivity contribution >= 4 is 11.9 Å². The van der Waals surface area contributed by atoms with Crippen LogP contribution >= 0.6 is 0 Å². The lowest BCUT2D eigenvalue weighted by Crippen LogP contribution is -2.54. The average molecular weight is 356 g/mol. The van der Waals surface area contributed by atoms with Crippen LogP contribution in [0.3, 0.4) is 0 Å². The first-order valence-electron chi connectivity index (χ1n) is 8.41. The first-order valence-corrected chi connectivity index (χ1v) is 8.41. The van der Waals surface area contributed by atoms with Crippen LogP contribution in [-0.2, 0) is 16.1 Å². The number of carbonyl (C=O) groups excluding carboxylic acids is 1. The molecule has 1 N–H and O–H groups in total. The third-order valence-corrected chi connectivity index (χ3v) is 4.57. The van der Waals surface area contributed by atoms with E-state index in [0.717, 1.165) is 0 Å². The molecule has 2 heterocycles. The molecule has 26 heavy (non-hydrogen) atoms. The van der Waals surface area contributed by atoms with E-state index < -0.39 is 11.6 Å². The van der Waals surface area contributed by atoms with Gasteiger partial charge in [0.05, 0.1) is 0 Å². The molecule has 0 spiro atoms. The fourth-order valence-corrected chi connectivity index (χ4v) is 3.03. The molecule has 1 aromatic carbocycles. The number of hydrogen-bond acceptors (Lipinski definition) is 4. The predicted molar refractivity (Wildman–Crippen MR) is 94.0 cm³/mol. The minimum Gasteiger partial charge on any atom is -0.478 e. The molecule has 2 aromatic rings. The van der Waals surface area contributed by atoms with Gasteiger partial charge in [-0.3, -0.25) is 9.59 Å². The highest BCUT2D eigenvalue weighted by Gasteiger charge is 2.44. The molecule has 1 fully saturated rings. The number of para-hydroxylation sites is 1. The van der Waals surface area contributed by atoms with Gasteiger partial charge in [-0.2, -0.15) is 0 Å². The highest BCUT2D eigenvalue weighted by molar-refractivity contribution is 5.80. The number of nitrogens with zero attached hydrogens (tertiary/aromatic N) is 2. The number of aromatic nitrogens is 1. The zero-order valence-electron chi connectivity index (χ0n) is 14.2. The topological polar surface area (TPSA) is 88.8 Å². The van der Waals surface area contributed by atoms with E-state index >= 15 is 0 Å². The Balaban J connectivity index is 1.66. The Bertz CT molecular complexity index is 838. The van der Waals surface area contributed by atoms with Gasteiger partial charge in [-0.05, 0) is 18.2 Å². The van der Waals surface area contributed by atoms with Crippen molar-refractivity contribution in [1.29, 1.82) is 0 Å². The van der Waals surface area contributed by atoms with Crippen LogP contribution in [0.4, 0.5) is 0 Å². The minimum atomic E-state index is -1.35. The molecule has 1 amide bonds. The fourth-order valence-electron chi connectivity index (χ4n) is 3.03. The van der Waals surface area contributed by atoms with Crippen LogP contribution in [-0.4, -0.2) is 45.1 Å². The SMILES string of the molecule is O=C(Cn1ccccc1=O)N1CCC(Oc2ccccc2)(C(=O)O)CC1. The van der Waals surface area contributed by atoms with Crippen LogP contribution in [0.25, 0.3) is 0 Å². The van der Waals surface area contributed by atoms with Gasteiger partial charge in [-0.1, -0.05) is 24.3 Å². The van der Waals surface area contributed by atoms with Crippen LogP contribution in [0.15, 0.2) is 59.5 Å². The van der Waals surface area contributed by atoms with E-state index in [1.807, 2.05) is 6.07 Å². The number of pyridine rings is 1. The molecule has 7 heteroatoms. The molecule has 0 radical (unpaired) electrons. The van der Waals surface area contributed by atoms with Gasteiger partial charge in [0.25, 0.3) is 5.56 Å². The van der Waals surface area contributed by atoms with Gasteiger partial charge in [0.15, 0.2) is 0 Å². The second kappa shape index (κ2) is 7.43. The Labute approximate surface area is 150 Å². The Morgan fingerprint density at radius 1 is 1.04 bits per heavy atom. The number of rotatable bonds is 5. The molecule has 136 valence electrons. The highest BCUT2D eigenvalue weighted by atomic mass is 16.5. The van der Waals surface area contributed by atoms with Crippen molar-refractivity contribution in [2.75, 3.05) is 13.1 Å². The van der Waals surface area contributed by atoms with Crippen LogP contribution < -0.4 is 10.3 Å². The van der Waals surface area contributed by atoms with Crippen LogP contribution in [0.2, 0.25) is 0 Å². The molecule has 1 aliphatic heterocycles. The Kier molecular flexibility index (Phi) is 5.06. The second-order valence-corrected chi connectivity index (χ2v) is 6.26. The predicted octanol–water partition coefficient (Wildman–Crippen LogP) is 1.37. The van der Waals surface area contributed by atoms with Gasteiger partial charge in [0.1, 0.15) is 12.3 Å².